The Bertz CT molecular complexity index is 877. The number of aliphatic imine (C=N–C) groups is 1. The van der Waals surface area contributed by atoms with Crippen molar-refractivity contribution in [2.24, 2.45) is 4.99 Å². The van der Waals surface area contributed by atoms with Gasteiger partial charge in [0.25, 0.3) is 0 Å². The van der Waals surface area contributed by atoms with Crippen LogP contribution < -0.4 is 25.0 Å². The number of anilines is 1. The number of benzene rings is 2. The van der Waals surface area contributed by atoms with E-state index in [4.69, 9.17) is 9.47 Å². The summed E-state index contributed by atoms with van der Waals surface area (Å²) in [6, 6.07) is 9.86. The molecule has 0 radical (unpaired) electrons. The van der Waals surface area contributed by atoms with Crippen LogP contribution in [0.2, 0.25) is 0 Å². The quantitative estimate of drug-likeness (QED) is 0.519. The average molecular weight is 433 g/mol. The molecule has 6 nitrogen and oxygen atoms in total. The van der Waals surface area contributed by atoms with Crippen molar-refractivity contribution in [1.29, 1.82) is 0 Å². The average Bonchev–Trinajstić information content (AvgIpc) is 2.79. The van der Waals surface area contributed by atoms with Gasteiger partial charge in [0.2, 0.25) is 0 Å². The predicted octanol–water partition coefficient (Wildman–Crippen LogP) is 3.36. The summed E-state index contributed by atoms with van der Waals surface area (Å²) in [4.78, 5) is 6.58. The van der Waals surface area contributed by atoms with Gasteiger partial charge in [0.1, 0.15) is 23.1 Å². The lowest BCUT2D eigenvalue weighted by atomic mass is 10.0. The number of piperidine rings is 1. The van der Waals surface area contributed by atoms with Gasteiger partial charge in [-0.15, -0.1) is 0 Å². The summed E-state index contributed by atoms with van der Waals surface area (Å²) in [5, 5.41) is 6.65. The second-order valence-electron chi connectivity index (χ2n) is 7.46. The lowest BCUT2D eigenvalue weighted by molar-refractivity contribution is 0.393. The maximum atomic E-state index is 13.8. The number of hydrogen-bond donors (Lipinski definition) is 2. The molecule has 0 amide bonds. The van der Waals surface area contributed by atoms with E-state index in [2.05, 4.69) is 20.5 Å². The Kier molecular flexibility index (Phi) is 7.92. The molecule has 168 valence electrons. The third kappa shape index (κ3) is 6.23. The highest BCUT2D eigenvalue weighted by molar-refractivity contribution is 5.80. The molecule has 0 aliphatic carbocycles. The largest absolute Gasteiger partial charge is 0.497 e. The van der Waals surface area contributed by atoms with E-state index in [0.717, 1.165) is 49.2 Å². The fraction of sp³-hybridized carbons (Fsp3) is 0.435. The molecule has 2 aromatic rings. The van der Waals surface area contributed by atoms with E-state index >= 15 is 0 Å². The molecule has 0 saturated carbocycles. The summed E-state index contributed by atoms with van der Waals surface area (Å²) in [6.07, 6.45) is 2.35. The molecule has 1 aliphatic rings. The fourth-order valence-electron chi connectivity index (χ4n) is 3.69. The monoisotopic (exact) mass is 432 g/mol. The topological polar surface area (TPSA) is 58.1 Å². The first-order valence-corrected chi connectivity index (χ1v) is 10.4. The molecule has 31 heavy (non-hydrogen) atoms. The lowest BCUT2D eigenvalue weighted by Crippen LogP contribution is -2.49. The maximum absolute atomic E-state index is 13.8. The minimum absolute atomic E-state index is 0.289. The number of rotatable bonds is 7. The van der Waals surface area contributed by atoms with Crippen molar-refractivity contribution in [2.45, 2.75) is 25.3 Å². The van der Waals surface area contributed by atoms with Gasteiger partial charge in [0.15, 0.2) is 5.96 Å². The molecule has 2 N–H and O–H groups in total. The Labute approximate surface area is 182 Å². The number of nitrogens with one attached hydrogen (secondary N) is 2. The minimum atomic E-state index is -0.564. The van der Waals surface area contributed by atoms with Gasteiger partial charge in [0, 0.05) is 62.7 Å². The van der Waals surface area contributed by atoms with Crippen LogP contribution in [0.1, 0.15) is 18.4 Å². The Morgan fingerprint density at radius 2 is 1.74 bits per heavy atom. The highest BCUT2D eigenvalue weighted by Crippen LogP contribution is 2.30. The van der Waals surface area contributed by atoms with Crippen molar-refractivity contribution in [1.82, 2.24) is 10.6 Å². The van der Waals surface area contributed by atoms with Crippen LogP contribution in [-0.4, -0.2) is 52.9 Å². The third-order valence-corrected chi connectivity index (χ3v) is 5.46. The van der Waals surface area contributed by atoms with Gasteiger partial charge in [-0.1, -0.05) is 6.07 Å². The van der Waals surface area contributed by atoms with E-state index in [1.54, 1.807) is 21.3 Å². The van der Waals surface area contributed by atoms with Crippen LogP contribution in [0.5, 0.6) is 11.5 Å². The number of guanidine groups is 1. The first kappa shape index (κ1) is 22.7. The summed E-state index contributed by atoms with van der Waals surface area (Å²) in [7, 11) is 5.01. The van der Waals surface area contributed by atoms with Gasteiger partial charge in [-0.3, -0.25) is 4.99 Å². The number of ether oxygens (including phenoxy) is 2. The molecular weight excluding hydrogens is 402 g/mol. The van der Waals surface area contributed by atoms with Gasteiger partial charge >= 0.3 is 0 Å². The van der Waals surface area contributed by atoms with Crippen molar-refractivity contribution < 1.29 is 18.3 Å². The van der Waals surface area contributed by atoms with Crippen molar-refractivity contribution in [3.05, 3.63) is 53.6 Å². The molecule has 3 rings (SSSR count). The van der Waals surface area contributed by atoms with Gasteiger partial charge in [-0.25, -0.2) is 8.78 Å². The molecular formula is C23H30F2N4O2. The van der Waals surface area contributed by atoms with Crippen LogP contribution in [0, 0.1) is 11.6 Å². The van der Waals surface area contributed by atoms with Crippen molar-refractivity contribution in [3.63, 3.8) is 0 Å². The first-order chi connectivity index (χ1) is 15.0. The first-order valence-electron chi connectivity index (χ1n) is 10.4. The summed E-state index contributed by atoms with van der Waals surface area (Å²) in [5.41, 5.74) is 1.56. The molecule has 1 aliphatic heterocycles. The molecule has 0 aromatic heterocycles. The Morgan fingerprint density at radius 3 is 2.32 bits per heavy atom. The van der Waals surface area contributed by atoms with Gasteiger partial charge in [-0.2, -0.15) is 0 Å². The summed E-state index contributed by atoms with van der Waals surface area (Å²) in [5.74, 6) is 1.15. The second kappa shape index (κ2) is 10.8. The van der Waals surface area contributed by atoms with Crippen LogP contribution in [0.3, 0.4) is 0 Å². The minimum Gasteiger partial charge on any atom is -0.497 e. The third-order valence-electron chi connectivity index (χ3n) is 5.46. The number of hydrogen-bond acceptors (Lipinski definition) is 4. The zero-order valence-corrected chi connectivity index (χ0v) is 18.3. The molecule has 0 spiro atoms. The van der Waals surface area contributed by atoms with Crippen LogP contribution in [0.15, 0.2) is 41.4 Å². The van der Waals surface area contributed by atoms with Crippen molar-refractivity contribution in [3.8, 4) is 11.5 Å². The second-order valence-corrected chi connectivity index (χ2v) is 7.46. The SMILES string of the molecule is CN=C(NCCc1ccc(F)cc1F)NC1CCN(c2cc(OC)cc(OC)c2)CC1. The van der Waals surface area contributed by atoms with Crippen LogP contribution in [0.4, 0.5) is 14.5 Å². The van der Waals surface area contributed by atoms with E-state index in [1.807, 2.05) is 18.2 Å². The van der Waals surface area contributed by atoms with Crippen molar-refractivity contribution >= 4 is 11.6 Å². The Hall–Kier alpha value is -3.03. The summed E-state index contributed by atoms with van der Waals surface area (Å²) in [6.45, 7) is 2.29. The molecule has 1 saturated heterocycles. The van der Waals surface area contributed by atoms with E-state index < -0.39 is 11.6 Å². The maximum Gasteiger partial charge on any atom is 0.191 e. The smallest absolute Gasteiger partial charge is 0.191 e. The zero-order valence-electron chi connectivity index (χ0n) is 18.3. The van der Waals surface area contributed by atoms with E-state index in [-0.39, 0.29) is 6.04 Å². The van der Waals surface area contributed by atoms with E-state index in [9.17, 15) is 8.78 Å². The Balaban J connectivity index is 1.48. The highest BCUT2D eigenvalue weighted by Gasteiger charge is 2.21. The lowest BCUT2D eigenvalue weighted by Gasteiger charge is -2.34. The molecule has 0 unspecified atom stereocenters. The fourth-order valence-corrected chi connectivity index (χ4v) is 3.69. The summed E-state index contributed by atoms with van der Waals surface area (Å²) >= 11 is 0. The highest BCUT2D eigenvalue weighted by atomic mass is 19.1. The van der Waals surface area contributed by atoms with Crippen LogP contribution in [0.25, 0.3) is 0 Å². The van der Waals surface area contributed by atoms with Gasteiger partial charge in [-0.05, 0) is 30.9 Å². The predicted molar refractivity (Wildman–Crippen MR) is 119 cm³/mol. The van der Waals surface area contributed by atoms with Gasteiger partial charge in [0.05, 0.1) is 14.2 Å². The molecule has 8 heteroatoms. The molecule has 1 fully saturated rings. The molecule has 1 heterocycles. The van der Waals surface area contributed by atoms with Crippen molar-refractivity contribution in [2.75, 3.05) is 45.8 Å². The number of methoxy groups -OCH3 is 2. The van der Waals surface area contributed by atoms with E-state index in [0.29, 0.717) is 24.5 Å². The summed E-state index contributed by atoms with van der Waals surface area (Å²) < 4.78 is 37.5. The zero-order chi connectivity index (χ0) is 22.2. The van der Waals surface area contributed by atoms with Crippen LogP contribution in [-0.2, 0) is 6.42 Å². The number of halogens is 2. The molecule has 0 bridgehead atoms. The molecule has 0 atom stereocenters. The van der Waals surface area contributed by atoms with Crippen LogP contribution >= 0.6 is 0 Å². The van der Waals surface area contributed by atoms with E-state index in [1.165, 1.54) is 12.1 Å². The standard InChI is InChI=1S/C23H30F2N4O2/c1-26-23(27-9-6-16-4-5-17(24)12-22(16)25)28-18-7-10-29(11-8-18)19-13-20(30-2)15-21(14-19)31-3/h4-5,12-15,18H,6-11H2,1-3H3,(H2,26,27,28). The normalized spacial score (nSPS) is 15.0. The van der Waals surface area contributed by atoms with Gasteiger partial charge < -0.3 is 25.0 Å². The molecule has 2 aromatic carbocycles. The Morgan fingerprint density at radius 1 is 1.06 bits per heavy atom. The number of nitrogens with zero attached hydrogens (tertiary/aromatic N) is 2.